The van der Waals surface area contributed by atoms with Crippen molar-refractivity contribution < 1.29 is 28.1 Å². The summed E-state index contributed by atoms with van der Waals surface area (Å²) < 4.78 is 41.6. The summed E-state index contributed by atoms with van der Waals surface area (Å²) in [5, 5.41) is 25.5. The third-order valence-corrected chi connectivity index (χ3v) is 11.7. The highest BCUT2D eigenvalue weighted by atomic mass is 32.2. The highest BCUT2D eigenvalue weighted by Crippen LogP contribution is 2.41. The van der Waals surface area contributed by atoms with Gasteiger partial charge in [0.15, 0.2) is 16.1 Å². The van der Waals surface area contributed by atoms with E-state index in [1.165, 1.54) is 0 Å². The van der Waals surface area contributed by atoms with E-state index in [1.807, 2.05) is 97.9 Å². The van der Waals surface area contributed by atoms with Crippen molar-refractivity contribution in [2.45, 2.75) is 85.4 Å². The van der Waals surface area contributed by atoms with E-state index in [2.05, 4.69) is 5.32 Å². The molecule has 0 unspecified atom stereocenters. The number of ether oxygens (including phenoxy) is 2. The van der Waals surface area contributed by atoms with Crippen LogP contribution in [0.4, 0.5) is 0 Å². The summed E-state index contributed by atoms with van der Waals surface area (Å²) in [5.74, 6) is 0. The number of aryl methyl sites for hydroxylation is 1. The Hall–Kier alpha value is -3.37. The zero-order chi connectivity index (χ0) is 32.1. The van der Waals surface area contributed by atoms with E-state index in [1.54, 1.807) is 24.3 Å². The number of sulfone groups is 1. The van der Waals surface area contributed by atoms with Crippen LogP contribution in [0.5, 0.6) is 0 Å². The first-order valence-electron chi connectivity index (χ1n) is 16.2. The fourth-order valence-electron chi connectivity index (χ4n) is 7.02. The highest BCUT2D eigenvalue weighted by Gasteiger charge is 2.52. The van der Waals surface area contributed by atoms with Crippen LogP contribution in [0.1, 0.15) is 54.4 Å². The molecule has 6 rings (SSSR count). The van der Waals surface area contributed by atoms with Gasteiger partial charge in [-0.1, -0.05) is 128 Å². The summed E-state index contributed by atoms with van der Waals surface area (Å²) in [5.41, 5.74) is 2.39. The molecule has 2 fully saturated rings. The number of aliphatic hydroxyl groups excluding tert-OH is 2. The first kappa shape index (κ1) is 32.6. The predicted molar refractivity (Wildman–Crippen MR) is 178 cm³/mol. The molecule has 8 heteroatoms. The fourth-order valence-corrected chi connectivity index (χ4v) is 9.00. The minimum Gasteiger partial charge on any atom is -0.389 e. The monoisotopic (exact) mass is 641 g/mol. The number of hydrogen-bond donors (Lipinski definition) is 3. The molecule has 4 aromatic rings. The van der Waals surface area contributed by atoms with Crippen molar-refractivity contribution in [3.63, 3.8) is 0 Å². The molecule has 5 atom stereocenters. The molecule has 7 nitrogen and oxygen atoms in total. The Morgan fingerprint density at radius 1 is 0.761 bits per heavy atom. The second-order valence-electron chi connectivity index (χ2n) is 12.5. The zero-order valence-electron chi connectivity index (χ0n) is 26.1. The first-order valence-corrected chi connectivity index (χ1v) is 17.7. The Bertz CT molecular complexity index is 1550. The number of aliphatic hydroxyl groups is 2. The maximum atomic E-state index is 14.3. The predicted octanol–water partition coefficient (Wildman–Crippen LogP) is 5.52. The van der Waals surface area contributed by atoms with E-state index in [0.29, 0.717) is 0 Å². The molecule has 3 N–H and O–H groups in total. The van der Waals surface area contributed by atoms with Crippen LogP contribution in [-0.4, -0.2) is 61.1 Å². The fraction of sp³-hybridized carbons (Fsp3) is 0.368. The summed E-state index contributed by atoms with van der Waals surface area (Å²) in [6.45, 7) is 1.70. The lowest BCUT2D eigenvalue weighted by Crippen LogP contribution is -2.67. The van der Waals surface area contributed by atoms with E-state index in [9.17, 15) is 18.6 Å². The first-order chi connectivity index (χ1) is 22.3. The molecule has 242 valence electrons. The van der Waals surface area contributed by atoms with Gasteiger partial charge in [-0.15, -0.1) is 0 Å². The average molecular weight is 642 g/mol. The average Bonchev–Trinajstić information content (AvgIpc) is 3.09. The lowest BCUT2D eigenvalue weighted by molar-refractivity contribution is -0.230. The third kappa shape index (κ3) is 6.56. The Balaban J connectivity index is 1.38. The second-order valence-corrected chi connectivity index (χ2v) is 14.6. The number of rotatable bonds is 10. The van der Waals surface area contributed by atoms with Gasteiger partial charge in [0, 0.05) is 6.04 Å². The molecule has 4 aromatic carbocycles. The molecule has 0 amide bonds. The van der Waals surface area contributed by atoms with Gasteiger partial charge in [-0.25, -0.2) is 8.42 Å². The van der Waals surface area contributed by atoms with Crippen LogP contribution in [-0.2, 0) is 24.9 Å². The maximum absolute atomic E-state index is 14.3. The van der Waals surface area contributed by atoms with Crippen molar-refractivity contribution in [3.05, 3.63) is 138 Å². The Morgan fingerprint density at radius 3 is 1.76 bits per heavy atom. The van der Waals surface area contributed by atoms with Gasteiger partial charge in [0.1, 0.15) is 23.1 Å². The smallest absolute Gasteiger partial charge is 0.185 e. The zero-order valence-corrected chi connectivity index (χ0v) is 26.9. The van der Waals surface area contributed by atoms with Gasteiger partial charge >= 0.3 is 0 Å². The van der Waals surface area contributed by atoms with Crippen LogP contribution in [0.3, 0.4) is 0 Å². The molecular formula is C38H43NO6S. The molecule has 1 aliphatic heterocycles. The lowest BCUT2D eigenvalue weighted by Gasteiger charge is -2.45. The topological polar surface area (TPSA) is 105 Å². The van der Waals surface area contributed by atoms with Gasteiger partial charge in [-0.2, -0.15) is 0 Å². The Kier molecular flexibility index (Phi) is 10.0. The van der Waals surface area contributed by atoms with Gasteiger partial charge < -0.3 is 25.0 Å². The van der Waals surface area contributed by atoms with E-state index in [0.717, 1.165) is 54.4 Å². The van der Waals surface area contributed by atoms with Crippen molar-refractivity contribution >= 4 is 9.84 Å². The molecule has 46 heavy (non-hydrogen) atoms. The normalized spacial score (nSPS) is 24.5. The van der Waals surface area contributed by atoms with Crippen molar-refractivity contribution in [3.8, 4) is 0 Å². The van der Waals surface area contributed by atoms with E-state index in [4.69, 9.17) is 9.47 Å². The van der Waals surface area contributed by atoms with E-state index < -0.39 is 45.2 Å². The van der Waals surface area contributed by atoms with Crippen LogP contribution in [0.2, 0.25) is 0 Å². The largest absolute Gasteiger partial charge is 0.389 e. The quantitative estimate of drug-likeness (QED) is 0.196. The number of nitrogens with one attached hydrogen (secondary N) is 1. The summed E-state index contributed by atoms with van der Waals surface area (Å²) in [6.07, 6.45) is 0.807. The van der Waals surface area contributed by atoms with Gasteiger partial charge in [0.2, 0.25) is 0 Å². The minimum atomic E-state index is -4.11. The van der Waals surface area contributed by atoms with Crippen LogP contribution in [0.25, 0.3) is 0 Å². The SMILES string of the molecule is Cc1ccc(S(=O)(=O)[C@H]2[C@H](O)[C@@H](COC(c3ccccc3)(c3ccccc3)c3ccccc3)O[C@H](O)[C@@H]2NC2CCCCC2)cc1. The van der Waals surface area contributed by atoms with Gasteiger partial charge in [-0.3, -0.25) is 0 Å². The standard InChI is InChI=1S/C38H43NO6S/c1-27-22-24-32(25-23-27)46(42,43)36-34(39-31-20-12-5-13-21-31)37(41)45-33(35(36)40)26-44-38(28-14-6-2-7-15-28,29-16-8-3-9-17-29)30-18-10-4-11-19-30/h2-4,6-11,14-19,22-25,31,33-37,39-41H,5,12-13,20-21,26H2,1H3/t33-,34-,35-,36-,37+/m1/s1. The van der Waals surface area contributed by atoms with Gasteiger partial charge in [-0.05, 0) is 48.6 Å². The van der Waals surface area contributed by atoms with Gasteiger partial charge in [0.25, 0.3) is 0 Å². The van der Waals surface area contributed by atoms with Crippen LogP contribution in [0, 0.1) is 6.92 Å². The van der Waals surface area contributed by atoms with E-state index >= 15 is 0 Å². The Morgan fingerprint density at radius 2 is 1.26 bits per heavy atom. The number of benzene rings is 4. The molecule has 1 saturated carbocycles. The van der Waals surface area contributed by atoms with Crippen molar-refractivity contribution in [2.24, 2.45) is 0 Å². The molecule has 0 bridgehead atoms. The Labute approximate surface area is 272 Å². The van der Waals surface area contributed by atoms with Crippen molar-refractivity contribution in [1.82, 2.24) is 5.32 Å². The summed E-state index contributed by atoms with van der Waals surface area (Å²) in [6, 6.07) is 35.0. The van der Waals surface area contributed by atoms with Crippen molar-refractivity contribution in [1.29, 1.82) is 0 Å². The summed E-state index contributed by atoms with van der Waals surface area (Å²) >= 11 is 0. The molecule has 2 aliphatic rings. The molecule has 0 spiro atoms. The summed E-state index contributed by atoms with van der Waals surface area (Å²) in [4.78, 5) is 0.0959. The molecule has 0 aromatic heterocycles. The summed E-state index contributed by atoms with van der Waals surface area (Å²) in [7, 11) is -4.11. The van der Waals surface area contributed by atoms with Crippen LogP contribution >= 0.6 is 0 Å². The van der Waals surface area contributed by atoms with Crippen LogP contribution < -0.4 is 5.32 Å². The molecule has 1 heterocycles. The highest BCUT2D eigenvalue weighted by molar-refractivity contribution is 7.92. The number of hydrogen-bond acceptors (Lipinski definition) is 7. The maximum Gasteiger partial charge on any atom is 0.185 e. The molecule has 1 saturated heterocycles. The lowest BCUT2D eigenvalue weighted by atomic mass is 9.80. The molecule has 1 aliphatic carbocycles. The molecular weight excluding hydrogens is 598 g/mol. The van der Waals surface area contributed by atoms with Crippen LogP contribution in [0.15, 0.2) is 120 Å². The minimum absolute atomic E-state index is 0.0228. The van der Waals surface area contributed by atoms with E-state index in [-0.39, 0.29) is 17.5 Å². The molecule has 0 radical (unpaired) electrons. The third-order valence-electron chi connectivity index (χ3n) is 9.44. The second kappa shape index (κ2) is 14.2. The van der Waals surface area contributed by atoms with Crippen molar-refractivity contribution in [2.75, 3.05) is 6.61 Å². The van der Waals surface area contributed by atoms with Gasteiger partial charge in [0.05, 0.1) is 17.5 Å².